The highest BCUT2D eigenvalue weighted by atomic mass is 16.5. The molecule has 8 nitrogen and oxygen atoms in total. The molecule has 1 N–H and O–H groups in total. The summed E-state index contributed by atoms with van der Waals surface area (Å²) < 4.78 is 17.0. The van der Waals surface area contributed by atoms with Crippen molar-refractivity contribution in [3.05, 3.63) is 96.6 Å². The molecule has 1 fully saturated rings. The quantitative estimate of drug-likeness (QED) is 0.187. The van der Waals surface area contributed by atoms with E-state index in [4.69, 9.17) is 14.2 Å². The summed E-state index contributed by atoms with van der Waals surface area (Å²) in [6, 6.07) is 22.0. The van der Waals surface area contributed by atoms with Crippen LogP contribution in [-0.4, -0.2) is 59.8 Å². The van der Waals surface area contributed by atoms with E-state index in [0.29, 0.717) is 35.1 Å². The zero-order chi connectivity index (χ0) is 29.9. The van der Waals surface area contributed by atoms with Crippen LogP contribution in [0.2, 0.25) is 0 Å². The smallest absolute Gasteiger partial charge is 0.340 e. The first-order chi connectivity index (χ1) is 20.2. The van der Waals surface area contributed by atoms with Gasteiger partial charge in [0.05, 0.1) is 25.3 Å². The van der Waals surface area contributed by atoms with Crippen molar-refractivity contribution in [1.82, 2.24) is 14.9 Å². The number of benzene rings is 3. The Hall–Kier alpha value is -4.59. The lowest BCUT2D eigenvalue weighted by Crippen LogP contribution is -2.46. The number of hydrogen-bond donors (Lipinski definition) is 1. The van der Waals surface area contributed by atoms with Crippen LogP contribution in [0.4, 0.5) is 5.82 Å². The molecule has 4 aromatic rings. The summed E-state index contributed by atoms with van der Waals surface area (Å²) in [5.74, 6) is 1.77. The van der Waals surface area contributed by atoms with Crippen molar-refractivity contribution in [1.29, 1.82) is 0 Å². The minimum atomic E-state index is -0.468. The molecule has 3 aromatic carbocycles. The number of para-hydroxylation sites is 1. The summed E-state index contributed by atoms with van der Waals surface area (Å²) in [5.41, 5.74) is 3.44. The van der Waals surface area contributed by atoms with Crippen LogP contribution in [0.15, 0.2) is 85.5 Å². The summed E-state index contributed by atoms with van der Waals surface area (Å²) in [5, 5.41) is 4.41. The summed E-state index contributed by atoms with van der Waals surface area (Å²) in [4.78, 5) is 24.3. The van der Waals surface area contributed by atoms with Gasteiger partial charge in [-0.15, -0.1) is 0 Å². The summed E-state index contributed by atoms with van der Waals surface area (Å²) in [6.07, 6.45) is 2.36. The summed E-state index contributed by atoms with van der Waals surface area (Å²) >= 11 is 0. The number of ether oxygens (including phenoxy) is 3. The van der Waals surface area contributed by atoms with Crippen molar-refractivity contribution in [2.24, 2.45) is 0 Å². The predicted octanol–water partition coefficient (Wildman–Crippen LogP) is 6.65. The van der Waals surface area contributed by atoms with E-state index in [1.807, 2.05) is 57.2 Å². The Kier molecular flexibility index (Phi) is 8.34. The highest BCUT2D eigenvalue weighted by molar-refractivity contribution is 6.07. The van der Waals surface area contributed by atoms with Crippen molar-refractivity contribution >= 4 is 22.7 Å². The van der Waals surface area contributed by atoms with Crippen LogP contribution in [0, 0.1) is 0 Å². The molecule has 1 aromatic heterocycles. The number of likely N-dealkylation sites (tertiary alicyclic amines) is 1. The van der Waals surface area contributed by atoms with Gasteiger partial charge in [-0.25, -0.2) is 14.8 Å². The fourth-order valence-corrected chi connectivity index (χ4v) is 5.57. The van der Waals surface area contributed by atoms with E-state index < -0.39 is 5.97 Å². The molecule has 0 saturated carbocycles. The third kappa shape index (κ3) is 6.33. The Bertz CT molecular complexity index is 1580. The van der Waals surface area contributed by atoms with Crippen molar-refractivity contribution in [3.63, 3.8) is 0 Å². The predicted molar refractivity (Wildman–Crippen MR) is 166 cm³/mol. The van der Waals surface area contributed by atoms with Gasteiger partial charge in [0.1, 0.15) is 23.5 Å². The van der Waals surface area contributed by atoms with Crippen LogP contribution >= 0.6 is 0 Å². The van der Waals surface area contributed by atoms with Crippen LogP contribution in [0.3, 0.4) is 0 Å². The number of aromatic nitrogens is 2. The maximum Gasteiger partial charge on any atom is 0.340 e. The van der Waals surface area contributed by atoms with Gasteiger partial charge >= 0.3 is 5.97 Å². The van der Waals surface area contributed by atoms with Crippen LogP contribution in [0.5, 0.6) is 5.75 Å². The molecule has 2 atom stereocenters. The van der Waals surface area contributed by atoms with E-state index in [9.17, 15) is 4.79 Å². The van der Waals surface area contributed by atoms with Gasteiger partial charge < -0.3 is 24.4 Å². The van der Waals surface area contributed by atoms with E-state index in [2.05, 4.69) is 51.0 Å². The number of nitrogens with one attached hydrogen (secondary N) is 1. The first-order valence-corrected chi connectivity index (χ1v) is 14.1. The third-order valence-corrected chi connectivity index (χ3v) is 7.40. The minimum absolute atomic E-state index is 0.0128. The second-order valence-corrected chi connectivity index (χ2v) is 11.5. The Balaban J connectivity index is 1.56. The highest BCUT2D eigenvalue weighted by Gasteiger charge is 2.31. The molecule has 2 heterocycles. The van der Waals surface area contributed by atoms with E-state index >= 15 is 0 Å². The Labute approximate surface area is 247 Å². The van der Waals surface area contributed by atoms with Crippen molar-refractivity contribution < 1.29 is 19.0 Å². The van der Waals surface area contributed by atoms with Gasteiger partial charge in [0.15, 0.2) is 5.88 Å². The van der Waals surface area contributed by atoms with Crippen molar-refractivity contribution in [3.8, 4) is 16.9 Å². The number of carbonyl (C=O) groups is 1. The van der Waals surface area contributed by atoms with Crippen molar-refractivity contribution in [2.75, 3.05) is 32.6 Å². The largest absolute Gasteiger partial charge is 0.496 e. The van der Waals surface area contributed by atoms with Crippen LogP contribution in [-0.2, 0) is 9.47 Å². The molecule has 42 heavy (non-hydrogen) atoms. The fraction of sp³-hybridized carbons (Fsp3) is 0.324. The SMILES string of the molecule is C=C(OC(C)(C)C)N1CC(Nc2ncnc3c(C(=O)OC)cc(-c4ccccc4OC)cc23)CC(c2ccccc2)C1. The normalized spacial score (nSPS) is 17.0. The molecule has 218 valence electrons. The second-order valence-electron chi connectivity index (χ2n) is 11.5. The first-order valence-electron chi connectivity index (χ1n) is 14.1. The van der Waals surface area contributed by atoms with Gasteiger partial charge in [-0.1, -0.05) is 48.5 Å². The van der Waals surface area contributed by atoms with E-state index in [1.165, 1.54) is 19.0 Å². The van der Waals surface area contributed by atoms with Gasteiger partial charge in [0, 0.05) is 36.0 Å². The number of anilines is 1. The van der Waals surface area contributed by atoms with Gasteiger partial charge in [-0.3, -0.25) is 0 Å². The zero-order valence-corrected chi connectivity index (χ0v) is 24.9. The maximum atomic E-state index is 12.9. The molecule has 1 saturated heterocycles. The summed E-state index contributed by atoms with van der Waals surface area (Å²) in [7, 11) is 3.00. The molecule has 0 aliphatic carbocycles. The maximum absolute atomic E-state index is 12.9. The minimum Gasteiger partial charge on any atom is -0.496 e. The fourth-order valence-electron chi connectivity index (χ4n) is 5.57. The number of methoxy groups -OCH3 is 2. The number of hydrogen-bond acceptors (Lipinski definition) is 8. The molecule has 0 amide bonds. The number of piperidine rings is 1. The van der Waals surface area contributed by atoms with Gasteiger partial charge in [0.25, 0.3) is 0 Å². The standard InChI is InChI=1S/C34H38N4O4/c1-22(42-34(2,3)4)38-19-25(23-12-8-7-9-13-23)16-26(20-38)37-32-28-17-24(27-14-10-11-15-30(27)40-5)18-29(33(39)41-6)31(28)35-21-36-32/h7-15,17-18,21,25-26H,1,16,19-20H2,2-6H3,(H,35,36,37). The number of fused-ring (bicyclic) bond motifs is 1. The van der Waals surface area contributed by atoms with E-state index in [0.717, 1.165) is 29.5 Å². The average Bonchev–Trinajstić information content (AvgIpc) is 2.99. The molecule has 2 unspecified atom stereocenters. The molecule has 8 heteroatoms. The summed E-state index contributed by atoms with van der Waals surface area (Å²) in [6.45, 7) is 11.8. The van der Waals surface area contributed by atoms with Crippen molar-refractivity contribution in [2.45, 2.75) is 44.8 Å². The molecule has 0 bridgehead atoms. The first kappa shape index (κ1) is 28.9. The van der Waals surface area contributed by atoms with Crippen LogP contribution in [0.25, 0.3) is 22.0 Å². The zero-order valence-electron chi connectivity index (χ0n) is 24.9. The molecule has 0 spiro atoms. The molecular weight excluding hydrogens is 528 g/mol. The molecule has 0 radical (unpaired) electrons. The monoisotopic (exact) mass is 566 g/mol. The lowest BCUT2D eigenvalue weighted by molar-refractivity contribution is -0.00507. The lowest BCUT2D eigenvalue weighted by Gasteiger charge is -2.41. The molecule has 5 rings (SSSR count). The Morgan fingerprint density at radius 3 is 2.45 bits per heavy atom. The van der Waals surface area contributed by atoms with Gasteiger partial charge in [0.2, 0.25) is 0 Å². The average molecular weight is 567 g/mol. The molecule has 1 aliphatic heterocycles. The molecule has 1 aliphatic rings. The van der Waals surface area contributed by atoms with Crippen LogP contribution < -0.4 is 10.1 Å². The number of nitrogens with zero attached hydrogens (tertiary/aromatic N) is 3. The Morgan fingerprint density at radius 1 is 1.00 bits per heavy atom. The topological polar surface area (TPSA) is 85.8 Å². The van der Waals surface area contributed by atoms with E-state index in [1.54, 1.807) is 13.2 Å². The molecular formula is C34H38N4O4. The number of esters is 1. The highest BCUT2D eigenvalue weighted by Crippen LogP contribution is 2.36. The van der Waals surface area contributed by atoms with E-state index in [-0.39, 0.29) is 17.6 Å². The van der Waals surface area contributed by atoms with Gasteiger partial charge in [-0.2, -0.15) is 0 Å². The van der Waals surface area contributed by atoms with Gasteiger partial charge in [-0.05, 0) is 63.1 Å². The third-order valence-electron chi connectivity index (χ3n) is 7.40. The lowest BCUT2D eigenvalue weighted by atomic mass is 9.88. The van der Waals surface area contributed by atoms with Crippen LogP contribution in [0.1, 0.15) is 49.0 Å². The second kappa shape index (κ2) is 12.1. The number of rotatable bonds is 8. The Morgan fingerprint density at radius 2 is 1.74 bits per heavy atom. The number of carbonyl (C=O) groups excluding carboxylic acids is 1.